The maximum Gasteiger partial charge on any atom is 0.257 e. The molecule has 2 N–H and O–H groups in total. The van der Waals surface area contributed by atoms with Crippen molar-refractivity contribution in [3.63, 3.8) is 0 Å². The Morgan fingerprint density at radius 1 is 1.15 bits per heavy atom. The number of carbonyl (C=O) groups excluding carboxylic acids is 1. The van der Waals surface area contributed by atoms with Crippen LogP contribution in [0.1, 0.15) is 42.1 Å². The van der Waals surface area contributed by atoms with Crippen LogP contribution < -0.4 is 15.4 Å². The minimum Gasteiger partial charge on any atom is -0.495 e. The van der Waals surface area contributed by atoms with Crippen molar-refractivity contribution in [1.29, 1.82) is 0 Å². The van der Waals surface area contributed by atoms with Crippen LogP contribution in [0, 0.1) is 0 Å². The van der Waals surface area contributed by atoms with E-state index in [1.54, 1.807) is 12.1 Å². The molecule has 174 valence electrons. The van der Waals surface area contributed by atoms with Crippen molar-refractivity contribution in [2.24, 2.45) is 0 Å². The van der Waals surface area contributed by atoms with Crippen molar-refractivity contribution in [2.45, 2.75) is 26.2 Å². The minimum absolute atomic E-state index is 0.170. The SMILES string of the molecule is CC[C@@H](C)c1ccc2oc(-c3ccc(NC(=S)NC(=O)c4ccc(OC)c(Cl)c4)cc3)nc2c1. The molecule has 0 aliphatic rings. The Morgan fingerprint density at radius 2 is 1.91 bits per heavy atom. The number of ether oxygens (including phenoxy) is 1. The van der Waals surface area contributed by atoms with Gasteiger partial charge in [-0.1, -0.05) is 31.5 Å². The Hall–Kier alpha value is -3.42. The van der Waals surface area contributed by atoms with Crippen LogP contribution >= 0.6 is 23.8 Å². The molecule has 1 amide bonds. The molecule has 4 rings (SSSR count). The lowest BCUT2D eigenvalue weighted by atomic mass is 9.98. The first-order chi connectivity index (χ1) is 16.4. The van der Waals surface area contributed by atoms with Gasteiger partial charge < -0.3 is 14.5 Å². The summed E-state index contributed by atoms with van der Waals surface area (Å²) >= 11 is 11.4. The number of nitrogens with zero attached hydrogens (tertiary/aromatic N) is 1. The van der Waals surface area contributed by atoms with Crippen LogP contribution in [0.4, 0.5) is 5.69 Å². The molecular formula is C26H24ClN3O3S. The summed E-state index contributed by atoms with van der Waals surface area (Å²) in [5, 5.41) is 6.16. The summed E-state index contributed by atoms with van der Waals surface area (Å²) in [5.41, 5.74) is 4.79. The van der Waals surface area contributed by atoms with Gasteiger partial charge in [0, 0.05) is 16.8 Å². The summed E-state index contributed by atoms with van der Waals surface area (Å²) in [5.74, 6) is 1.15. The number of hydrogen-bond donors (Lipinski definition) is 2. The summed E-state index contributed by atoms with van der Waals surface area (Å²) in [4.78, 5) is 17.1. The number of aromatic nitrogens is 1. The number of hydrogen-bond acceptors (Lipinski definition) is 5. The fourth-order valence-electron chi connectivity index (χ4n) is 3.45. The monoisotopic (exact) mass is 493 g/mol. The van der Waals surface area contributed by atoms with Gasteiger partial charge in [0.2, 0.25) is 5.89 Å². The Balaban J connectivity index is 1.42. The number of anilines is 1. The second-order valence-corrected chi connectivity index (χ2v) is 8.71. The molecule has 0 unspecified atom stereocenters. The number of thiocarbonyl (C=S) groups is 1. The molecule has 0 aliphatic heterocycles. The summed E-state index contributed by atoms with van der Waals surface area (Å²) in [6, 6.07) is 18.4. The van der Waals surface area contributed by atoms with Crippen LogP contribution in [0.3, 0.4) is 0 Å². The Labute approximate surface area is 208 Å². The van der Waals surface area contributed by atoms with Gasteiger partial charge in [0.1, 0.15) is 11.3 Å². The first-order valence-corrected chi connectivity index (χ1v) is 11.6. The number of benzene rings is 3. The fraction of sp³-hybridized carbons (Fsp3) is 0.192. The fourth-order valence-corrected chi connectivity index (χ4v) is 3.92. The van der Waals surface area contributed by atoms with E-state index < -0.39 is 0 Å². The zero-order chi connectivity index (χ0) is 24.2. The molecule has 0 saturated carbocycles. The highest BCUT2D eigenvalue weighted by Gasteiger charge is 2.13. The van der Waals surface area contributed by atoms with Gasteiger partial charge in [-0.2, -0.15) is 0 Å². The predicted molar refractivity (Wildman–Crippen MR) is 140 cm³/mol. The zero-order valence-electron chi connectivity index (χ0n) is 19.0. The molecule has 0 radical (unpaired) electrons. The molecule has 8 heteroatoms. The molecule has 1 atom stereocenters. The Bertz CT molecular complexity index is 1350. The van der Waals surface area contributed by atoms with Gasteiger partial charge in [0.15, 0.2) is 10.7 Å². The van der Waals surface area contributed by atoms with E-state index in [-0.39, 0.29) is 11.0 Å². The first-order valence-electron chi connectivity index (χ1n) is 10.8. The highest BCUT2D eigenvalue weighted by Crippen LogP contribution is 2.29. The molecule has 0 aliphatic carbocycles. The van der Waals surface area contributed by atoms with E-state index in [9.17, 15) is 4.79 Å². The second kappa shape index (κ2) is 10.2. The highest BCUT2D eigenvalue weighted by molar-refractivity contribution is 7.80. The molecule has 0 bridgehead atoms. The third-order valence-electron chi connectivity index (χ3n) is 5.62. The van der Waals surface area contributed by atoms with E-state index in [1.807, 2.05) is 30.3 Å². The number of carbonyl (C=O) groups is 1. The van der Waals surface area contributed by atoms with Gasteiger partial charge in [0.25, 0.3) is 5.91 Å². The van der Waals surface area contributed by atoms with Crippen LogP contribution in [-0.2, 0) is 0 Å². The quantitative estimate of drug-likeness (QED) is 0.288. The number of oxazole rings is 1. The predicted octanol–water partition coefficient (Wildman–Crippen LogP) is 6.80. The van der Waals surface area contributed by atoms with E-state index in [4.69, 9.17) is 33.0 Å². The second-order valence-electron chi connectivity index (χ2n) is 7.89. The molecule has 6 nitrogen and oxygen atoms in total. The topological polar surface area (TPSA) is 76.4 Å². The third kappa shape index (κ3) is 5.21. The molecule has 0 saturated heterocycles. The normalized spacial score (nSPS) is 11.8. The van der Waals surface area contributed by atoms with Gasteiger partial charge in [-0.15, -0.1) is 0 Å². The number of rotatable bonds is 6. The van der Waals surface area contributed by atoms with Crippen LogP contribution in [-0.4, -0.2) is 23.1 Å². The van der Waals surface area contributed by atoms with Crippen LogP contribution in [0.15, 0.2) is 65.1 Å². The minimum atomic E-state index is -0.373. The molecule has 1 heterocycles. The van der Waals surface area contributed by atoms with E-state index in [0.717, 1.165) is 28.8 Å². The average molecular weight is 494 g/mol. The van der Waals surface area contributed by atoms with E-state index >= 15 is 0 Å². The lowest BCUT2D eigenvalue weighted by Crippen LogP contribution is -2.34. The summed E-state index contributed by atoms with van der Waals surface area (Å²) in [6.07, 6.45) is 1.07. The first kappa shape index (κ1) is 23.7. The molecule has 3 aromatic carbocycles. The number of fused-ring (bicyclic) bond motifs is 1. The standard InChI is InChI=1S/C26H24ClN3O3S/c1-4-15(2)17-7-12-23-21(14-17)29-25(33-23)16-5-9-19(10-6-16)28-26(34)30-24(31)18-8-11-22(32-3)20(27)13-18/h5-15H,4H2,1-3H3,(H2,28,30,31,34)/t15-/m1/s1. The lowest BCUT2D eigenvalue weighted by molar-refractivity contribution is 0.0977. The van der Waals surface area contributed by atoms with Crippen molar-refractivity contribution >= 4 is 51.6 Å². The molecule has 0 fully saturated rings. The number of amides is 1. The van der Waals surface area contributed by atoms with Crippen molar-refractivity contribution in [2.75, 3.05) is 12.4 Å². The molecular weight excluding hydrogens is 470 g/mol. The molecule has 4 aromatic rings. The summed E-state index contributed by atoms with van der Waals surface area (Å²) in [7, 11) is 1.51. The van der Waals surface area contributed by atoms with Gasteiger partial charge in [-0.25, -0.2) is 4.98 Å². The van der Waals surface area contributed by atoms with E-state index in [2.05, 4.69) is 41.6 Å². The number of halogens is 1. The highest BCUT2D eigenvalue weighted by atomic mass is 35.5. The molecule has 0 spiro atoms. The van der Waals surface area contributed by atoms with Crippen LogP contribution in [0.2, 0.25) is 5.02 Å². The van der Waals surface area contributed by atoms with Crippen molar-refractivity contribution in [3.8, 4) is 17.2 Å². The van der Waals surface area contributed by atoms with Gasteiger partial charge >= 0.3 is 0 Å². The summed E-state index contributed by atoms with van der Waals surface area (Å²) < 4.78 is 11.0. The number of methoxy groups -OCH3 is 1. The smallest absolute Gasteiger partial charge is 0.257 e. The Kier molecular flexibility index (Phi) is 7.14. The molecule has 1 aromatic heterocycles. The zero-order valence-corrected chi connectivity index (χ0v) is 20.6. The number of nitrogens with one attached hydrogen (secondary N) is 2. The van der Waals surface area contributed by atoms with Gasteiger partial charge in [-0.3, -0.25) is 10.1 Å². The maximum atomic E-state index is 12.4. The maximum absolute atomic E-state index is 12.4. The third-order valence-corrected chi connectivity index (χ3v) is 6.12. The lowest BCUT2D eigenvalue weighted by Gasteiger charge is -2.10. The Morgan fingerprint density at radius 3 is 2.59 bits per heavy atom. The average Bonchev–Trinajstić information content (AvgIpc) is 3.27. The van der Waals surface area contributed by atoms with Crippen molar-refractivity contribution in [3.05, 3.63) is 76.8 Å². The van der Waals surface area contributed by atoms with Gasteiger partial charge in [0.05, 0.1) is 12.1 Å². The summed E-state index contributed by atoms with van der Waals surface area (Å²) in [6.45, 7) is 4.37. The van der Waals surface area contributed by atoms with Gasteiger partial charge in [-0.05, 0) is 84.7 Å². The van der Waals surface area contributed by atoms with E-state index in [0.29, 0.717) is 28.1 Å². The van der Waals surface area contributed by atoms with Crippen molar-refractivity contribution < 1.29 is 13.9 Å². The van der Waals surface area contributed by atoms with Crippen LogP contribution in [0.25, 0.3) is 22.6 Å². The van der Waals surface area contributed by atoms with Crippen molar-refractivity contribution in [1.82, 2.24) is 10.3 Å². The van der Waals surface area contributed by atoms with E-state index in [1.165, 1.54) is 18.7 Å². The van der Waals surface area contributed by atoms with Crippen LogP contribution in [0.5, 0.6) is 5.75 Å². The largest absolute Gasteiger partial charge is 0.495 e. The molecule has 34 heavy (non-hydrogen) atoms.